The molecule has 19 heavy (non-hydrogen) atoms. The molecule has 1 aromatic rings. The third kappa shape index (κ3) is 3.86. The van der Waals surface area contributed by atoms with Crippen LogP contribution in [-0.2, 0) is 9.53 Å². The van der Waals surface area contributed by atoms with Crippen molar-refractivity contribution < 1.29 is 18.7 Å². The molecule has 1 aliphatic heterocycles. The average molecular weight is 284 g/mol. The van der Waals surface area contributed by atoms with Gasteiger partial charge in [-0.05, 0) is 36.0 Å². The van der Waals surface area contributed by atoms with Gasteiger partial charge in [0.25, 0.3) is 0 Å². The summed E-state index contributed by atoms with van der Waals surface area (Å²) in [6, 6.07) is 5.94. The van der Waals surface area contributed by atoms with E-state index in [2.05, 4.69) is 0 Å². The van der Waals surface area contributed by atoms with Crippen LogP contribution in [-0.4, -0.2) is 31.2 Å². The van der Waals surface area contributed by atoms with E-state index in [1.54, 1.807) is 12.1 Å². The highest BCUT2D eigenvalue weighted by Crippen LogP contribution is 2.31. The highest BCUT2D eigenvalue weighted by atomic mass is 32.2. The van der Waals surface area contributed by atoms with Crippen molar-refractivity contribution in [1.29, 1.82) is 0 Å². The summed E-state index contributed by atoms with van der Waals surface area (Å²) in [5.41, 5.74) is 0. The number of hydrogen-bond acceptors (Lipinski definition) is 4. The molecule has 1 saturated heterocycles. The highest BCUT2D eigenvalue weighted by Gasteiger charge is 2.32. The van der Waals surface area contributed by atoms with Gasteiger partial charge < -0.3 is 9.47 Å². The van der Waals surface area contributed by atoms with Crippen molar-refractivity contribution in [3.8, 4) is 5.75 Å². The third-order valence-corrected chi connectivity index (χ3v) is 4.45. The van der Waals surface area contributed by atoms with E-state index in [-0.39, 0.29) is 30.2 Å². The van der Waals surface area contributed by atoms with Crippen LogP contribution in [0.5, 0.6) is 5.75 Å². The lowest BCUT2D eigenvalue weighted by Crippen LogP contribution is -2.30. The monoisotopic (exact) mass is 284 g/mol. The summed E-state index contributed by atoms with van der Waals surface area (Å²) >= 11 is 1.84. The van der Waals surface area contributed by atoms with Gasteiger partial charge in [-0.3, -0.25) is 4.79 Å². The molecule has 0 N–H and O–H groups in total. The fourth-order valence-corrected chi connectivity index (χ4v) is 3.50. The number of carbonyl (C=O) groups is 1. The van der Waals surface area contributed by atoms with Gasteiger partial charge >= 0.3 is 5.97 Å². The predicted octanol–water partition coefficient (Wildman–Crippen LogP) is 2.75. The average Bonchev–Trinajstić information content (AvgIpc) is 2.92. The number of halogens is 1. The standard InChI is InChI=1S/C14H17FO3S/c1-17-14(16)13(10-5-6-19-9-10)8-18-12-4-2-3-11(15)7-12/h2-4,7,10,13H,5-6,8-9H2,1H3. The molecule has 0 aliphatic carbocycles. The van der Waals surface area contributed by atoms with E-state index in [4.69, 9.17) is 9.47 Å². The molecule has 2 atom stereocenters. The molecular formula is C14H17FO3S. The SMILES string of the molecule is COC(=O)C(COc1cccc(F)c1)C1CCSC1. The Bertz CT molecular complexity index is 432. The Balaban J connectivity index is 1.97. The normalized spacial score (nSPS) is 20.0. The van der Waals surface area contributed by atoms with Crippen LogP contribution < -0.4 is 4.74 Å². The van der Waals surface area contributed by atoms with E-state index < -0.39 is 0 Å². The maximum absolute atomic E-state index is 13.0. The molecule has 0 radical (unpaired) electrons. The van der Waals surface area contributed by atoms with Crippen LogP contribution >= 0.6 is 11.8 Å². The first-order chi connectivity index (χ1) is 9.20. The molecule has 104 valence electrons. The summed E-state index contributed by atoms with van der Waals surface area (Å²) in [6.45, 7) is 0.237. The van der Waals surface area contributed by atoms with Gasteiger partial charge in [-0.2, -0.15) is 11.8 Å². The van der Waals surface area contributed by atoms with Crippen LogP contribution in [0, 0.1) is 17.7 Å². The molecule has 0 amide bonds. The van der Waals surface area contributed by atoms with Crippen LogP contribution in [0.4, 0.5) is 4.39 Å². The molecule has 1 fully saturated rings. The first-order valence-electron chi connectivity index (χ1n) is 6.24. The quantitative estimate of drug-likeness (QED) is 0.779. The van der Waals surface area contributed by atoms with Gasteiger partial charge in [0.15, 0.2) is 0 Å². The summed E-state index contributed by atoms with van der Waals surface area (Å²) in [6.07, 6.45) is 0.997. The van der Waals surface area contributed by atoms with Gasteiger partial charge in [0, 0.05) is 6.07 Å². The van der Waals surface area contributed by atoms with Gasteiger partial charge in [0.05, 0.1) is 13.0 Å². The second-order valence-electron chi connectivity index (χ2n) is 4.52. The Morgan fingerprint density at radius 1 is 1.58 bits per heavy atom. The maximum Gasteiger partial charge on any atom is 0.312 e. The van der Waals surface area contributed by atoms with Gasteiger partial charge in [0.2, 0.25) is 0 Å². The lowest BCUT2D eigenvalue weighted by atomic mass is 9.92. The van der Waals surface area contributed by atoms with Gasteiger partial charge in [-0.1, -0.05) is 6.07 Å². The number of hydrogen-bond donors (Lipinski definition) is 0. The topological polar surface area (TPSA) is 35.5 Å². The molecule has 1 aliphatic rings. The van der Waals surface area contributed by atoms with Crippen molar-refractivity contribution in [2.75, 3.05) is 25.2 Å². The van der Waals surface area contributed by atoms with Crippen molar-refractivity contribution in [1.82, 2.24) is 0 Å². The molecule has 2 unspecified atom stereocenters. The molecule has 0 aromatic heterocycles. The maximum atomic E-state index is 13.0. The van der Waals surface area contributed by atoms with Crippen LogP contribution in [0.3, 0.4) is 0 Å². The van der Waals surface area contributed by atoms with Crippen molar-refractivity contribution >= 4 is 17.7 Å². The number of methoxy groups -OCH3 is 1. The molecule has 0 saturated carbocycles. The largest absolute Gasteiger partial charge is 0.493 e. The Hall–Kier alpha value is -1.23. The summed E-state index contributed by atoms with van der Waals surface area (Å²) in [7, 11) is 1.39. The predicted molar refractivity (Wildman–Crippen MR) is 72.8 cm³/mol. The summed E-state index contributed by atoms with van der Waals surface area (Å²) in [5.74, 6) is 1.88. The lowest BCUT2D eigenvalue weighted by Gasteiger charge is -2.20. The smallest absolute Gasteiger partial charge is 0.312 e. The minimum Gasteiger partial charge on any atom is -0.493 e. The summed E-state index contributed by atoms with van der Waals surface area (Å²) in [5, 5.41) is 0. The van der Waals surface area contributed by atoms with E-state index in [0.717, 1.165) is 17.9 Å². The third-order valence-electron chi connectivity index (χ3n) is 3.26. The van der Waals surface area contributed by atoms with Gasteiger partial charge in [-0.25, -0.2) is 4.39 Å². The molecule has 3 nitrogen and oxygen atoms in total. The fraction of sp³-hybridized carbons (Fsp3) is 0.500. The molecular weight excluding hydrogens is 267 g/mol. The number of benzene rings is 1. The van der Waals surface area contributed by atoms with E-state index in [1.807, 2.05) is 11.8 Å². The second-order valence-corrected chi connectivity index (χ2v) is 5.67. The number of thioether (sulfide) groups is 1. The number of esters is 1. The van der Waals surface area contributed by atoms with E-state index in [1.165, 1.54) is 19.2 Å². The highest BCUT2D eigenvalue weighted by molar-refractivity contribution is 7.99. The van der Waals surface area contributed by atoms with Crippen molar-refractivity contribution in [3.05, 3.63) is 30.1 Å². The summed E-state index contributed by atoms with van der Waals surface area (Å²) in [4.78, 5) is 11.8. The molecule has 2 rings (SSSR count). The first kappa shape index (κ1) is 14.2. The zero-order valence-electron chi connectivity index (χ0n) is 10.8. The fourth-order valence-electron chi connectivity index (χ4n) is 2.16. The molecule has 1 aromatic carbocycles. The van der Waals surface area contributed by atoms with Crippen molar-refractivity contribution in [2.45, 2.75) is 6.42 Å². The van der Waals surface area contributed by atoms with Crippen LogP contribution in [0.15, 0.2) is 24.3 Å². The van der Waals surface area contributed by atoms with E-state index in [0.29, 0.717) is 5.75 Å². The minimum absolute atomic E-state index is 0.237. The Morgan fingerprint density at radius 3 is 3.05 bits per heavy atom. The molecule has 5 heteroatoms. The summed E-state index contributed by atoms with van der Waals surface area (Å²) < 4.78 is 23.4. The number of ether oxygens (including phenoxy) is 2. The number of carbonyl (C=O) groups excluding carboxylic acids is 1. The minimum atomic E-state index is -0.344. The van der Waals surface area contributed by atoms with Crippen LogP contribution in [0.2, 0.25) is 0 Å². The zero-order chi connectivity index (χ0) is 13.7. The molecule has 0 bridgehead atoms. The van der Waals surface area contributed by atoms with Crippen LogP contribution in [0.1, 0.15) is 6.42 Å². The van der Waals surface area contributed by atoms with Gasteiger partial charge in [0.1, 0.15) is 18.2 Å². The van der Waals surface area contributed by atoms with Crippen molar-refractivity contribution in [3.63, 3.8) is 0 Å². The molecule has 0 spiro atoms. The van der Waals surface area contributed by atoms with Gasteiger partial charge in [-0.15, -0.1) is 0 Å². The van der Waals surface area contributed by atoms with E-state index >= 15 is 0 Å². The first-order valence-corrected chi connectivity index (χ1v) is 7.40. The Kier molecular flexibility index (Phi) is 5.07. The number of rotatable bonds is 5. The van der Waals surface area contributed by atoms with Crippen LogP contribution in [0.25, 0.3) is 0 Å². The lowest BCUT2D eigenvalue weighted by molar-refractivity contribution is -0.148. The zero-order valence-corrected chi connectivity index (χ0v) is 11.6. The van der Waals surface area contributed by atoms with Crippen molar-refractivity contribution in [2.24, 2.45) is 11.8 Å². The molecule has 1 heterocycles. The Morgan fingerprint density at radius 2 is 2.42 bits per heavy atom. The second kappa shape index (κ2) is 6.80. The Labute approximate surface area is 116 Å². The van der Waals surface area contributed by atoms with E-state index in [9.17, 15) is 9.18 Å².